The maximum atomic E-state index is 15.0. The van der Waals surface area contributed by atoms with Crippen LogP contribution < -0.4 is 19.5 Å². The minimum atomic E-state index is -4.42. The van der Waals surface area contributed by atoms with Gasteiger partial charge in [-0.1, -0.05) is 26.0 Å². The summed E-state index contributed by atoms with van der Waals surface area (Å²) in [6.45, 7) is 7.55. The van der Waals surface area contributed by atoms with Crippen LogP contribution in [0.5, 0.6) is 11.6 Å². The quantitative estimate of drug-likeness (QED) is 0.316. The SMILES string of the molecule is COc1cnc(O[C@@H]2C[C@H]3C(=O)N[C@]4(C(=O)NS(=O)(=O)C5(CF)CC5)C[C@H]4/C=C\CC[C@@H](C)C[C@@H](C)[C@H](N(C(=O)O)C(C)(C)C)C(=O)N3C2)c2ccc(F)cc12. The van der Waals surface area contributed by atoms with Crippen LogP contribution in [-0.2, 0) is 24.4 Å². The van der Waals surface area contributed by atoms with Crippen LogP contribution in [0.25, 0.3) is 10.8 Å². The molecule has 4 aliphatic rings. The number of carboxylic acid groups (broad SMARTS) is 1. The lowest BCUT2D eigenvalue weighted by Gasteiger charge is -2.43. The Hall–Kier alpha value is -4.54. The summed E-state index contributed by atoms with van der Waals surface area (Å²) in [7, 11) is -3.01. The van der Waals surface area contributed by atoms with E-state index in [-0.39, 0.29) is 44.0 Å². The van der Waals surface area contributed by atoms with Crippen molar-refractivity contribution in [3.63, 3.8) is 0 Å². The van der Waals surface area contributed by atoms with E-state index in [1.165, 1.54) is 36.4 Å². The molecule has 14 nitrogen and oxygen atoms in total. The average molecular weight is 804 g/mol. The second-order valence-corrected chi connectivity index (χ2v) is 19.0. The summed E-state index contributed by atoms with van der Waals surface area (Å²) in [4.78, 5) is 63.2. The molecule has 0 bridgehead atoms. The van der Waals surface area contributed by atoms with E-state index < -0.39 is 92.2 Å². The van der Waals surface area contributed by atoms with E-state index in [0.717, 1.165) is 4.90 Å². The van der Waals surface area contributed by atoms with Crippen LogP contribution in [0.15, 0.2) is 36.5 Å². The zero-order chi connectivity index (χ0) is 41.0. The lowest BCUT2D eigenvalue weighted by atomic mass is 9.85. The fourth-order valence-electron chi connectivity index (χ4n) is 8.30. The minimum absolute atomic E-state index is 0.0444. The monoisotopic (exact) mass is 803 g/mol. The molecule has 0 unspecified atom stereocenters. The number of benzene rings is 1. The standard InChI is InChI=1S/C39H51F2N5O9S/c1-22-9-7-8-10-24-18-39(24,35(49)44-56(52,53)38(21-40)13-14-38)43-32(47)29-17-26(55-33-27-12-11-25(41)16-28(27)30(54-6)19-42-33)20-45(29)34(48)31(23(2)15-22)46(36(50)51)37(3,4)5/h8,10-12,16,19,22-24,26,29,31H,7,9,13-15,17-18,20-21H2,1-6H3,(H,43,47)(H,44,49)(H,50,51)/b10-8-/t22-,23-,24-,26-,29+,31+,39-/m1/s1. The Bertz CT molecular complexity index is 2040. The van der Waals surface area contributed by atoms with Crippen LogP contribution >= 0.6 is 0 Å². The molecule has 306 valence electrons. The van der Waals surface area contributed by atoms with Crippen molar-refractivity contribution >= 4 is 44.6 Å². The van der Waals surface area contributed by atoms with Gasteiger partial charge >= 0.3 is 6.09 Å². The van der Waals surface area contributed by atoms with Gasteiger partial charge in [-0.2, -0.15) is 0 Å². The first kappa shape index (κ1) is 41.1. The molecule has 0 radical (unpaired) electrons. The molecule has 2 aliphatic heterocycles. The minimum Gasteiger partial charge on any atom is -0.494 e. The number of pyridine rings is 1. The van der Waals surface area contributed by atoms with Crippen molar-refractivity contribution in [2.75, 3.05) is 20.3 Å². The van der Waals surface area contributed by atoms with E-state index in [2.05, 4.69) is 15.0 Å². The maximum absolute atomic E-state index is 15.0. The maximum Gasteiger partial charge on any atom is 0.408 e. The third-order valence-electron chi connectivity index (χ3n) is 11.7. The first-order valence-electron chi connectivity index (χ1n) is 19.0. The van der Waals surface area contributed by atoms with E-state index in [1.807, 2.05) is 19.9 Å². The average Bonchev–Trinajstić information content (AvgIpc) is 4.02. The van der Waals surface area contributed by atoms with Gasteiger partial charge < -0.3 is 24.8 Å². The molecule has 1 aromatic heterocycles. The number of aromatic nitrogens is 1. The first-order valence-corrected chi connectivity index (χ1v) is 20.5. The molecule has 1 saturated heterocycles. The highest BCUT2D eigenvalue weighted by atomic mass is 32.2. The number of carbonyl (C=O) groups is 4. The summed E-state index contributed by atoms with van der Waals surface area (Å²) in [5.74, 6) is -3.60. The van der Waals surface area contributed by atoms with Crippen LogP contribution in [0, 0.1) is 23.6 Å². The third kappa shape index (κ3) is 7.75. The van der Waals surface area contributed by atoms with E-state index in [0.29, 0.717) is 35.8 Å². The molecule has 3 N–H and O–H groups in total. The third-order valence-corrected chi connectivity index (χ3v) is 13.8. The van der Waals surface area contributed by atoms with Gasteiger partial charge in [-0.05, 0) is 89.3 Å². The summed E-state index contributed by atoms with van der Waals surface area (Å²) in [6.07, 6.45) is 4.60. The van der Waals surface area contributed by atoms with Crippen LogP contribution in [0.1, 0.15) is 79.6 Å². The second kappa shape index (κ2) is 15.1. The number of hydrogen-bond acceptors (Lipinski definition) is 9. The lowest BCUT2D eigenvalue weighted by Crippen LogP contribution is -2.62. The van der Waals surface area contributed by atoms with Gasteiger partial charge in [0.15, 0.2) is 0 Å². The Morgan fingerprint density at radius 2 is 1.88 bits per heavy atom. The van der Waals surface area contributed by atoms with Crippen molar-refractivity contribution in [2.24, 2.45) is 17.8 Å². The number of nitrogens with one attached hydrogen (secondary N) is 2. The first-order chi connectivity index (χ1) is 26.3. The van der Waals surface area contributed by atoms with Gasteiger partial charge in [0.2, 0.25) is 27.7 Å². The number of sulfonamides is 1. The highest BCUT2D eigenvalue weighted by Gasteiger charge is 2.64. The smallest absolute Gasteiger partial charge is 0.408 e. The Balaban J connectivity index is 1.40. The summed E-state index contributed by atoms with van der Waals surface area (Å²) in [6, 6.07) is 1.45. The van der Waals surface area contributed by atoms with Gasteiger partial charge in [0.25, 0.3) is 5.91 Å². The molecule has 3 heterocycles. The fraction of sp³-hybridized carbons (Fsp3) is 0.615. The highest BCUT2D eigenvalue weighted by molar-refractivity contribution is 7.91. The Kier molecular flexibility index (Phi) is 11.1. The Labute approximate surface area is 325 Å². The number of allylic oxidation sites excluding steroid dienone is 1. The van der Waals surface area contributed by atoms with Crippen molar-refractivity contribution in [1.82, 2.24) is 24.8 Å². The van der Waals surface area contributed by atoms with Crippen LogP contribution in [-0.4, -0.2) is 106 Å². The van der Waals surface area contributed by atoms with E-state index in [1.54, 1.807) is 26.8 Å². The van der Waals surface area contributed by atoms with E-state index in [4.69, 9.17) is 9.47 Å². The number of methoxy groups -OCH3 is 1. The van der Waals surface area contributed by atoms with Crippen molar-refractivity contribution in [3.8, 4) is 11.6 Å². The van der Waals surface area contributed by atoms with E-state index >= 15 is 4.79 Å². The predicted octanol–water partition coefficient (Wildman–Crippen LogP) is 4.71. The Morgan fingerprint density at radius 3 is 2.50 bits per heavy atom. The Morgan fingerprint density at radius 1 is 1.16 bits per heavy atom. The summed E-state index contributed by atoms with van der Waals surface area (Å²) >= 11 is 0. The fourth-order valence-corrected chi connectivity index (χ4v) is 9.72. The van der Waals surface area contributed by atoms with E-state index in [9.17, 15) is 36.7 Å². The van der Waals surface area contributed by atoms with Gasteiger partial charge in [-0.15, -0.1) is 0 Å². The van der Waals surface area contributed by atoms with Crippen LogP contribution in [0.2, 0.25) is 0 Å². The van der Waals surface area contributed by atoms with Gasteiger partial charge in [-0.25, -0.2) is 27.0 Å². The molecule has 17 heteroatoms. The molecule has 56 heavy (non-hydrogen) atoms. The highest BCUT2D eigenvalue weighted by Crippen LogP contribution is 2.48. The van der Waals surface area contributed by atoms with Gasteiger partial charge in [-0.3, -0.25) is 24.0 Å². The van der Waals surface area contributed by atoms with Crippen molar-refractivity contribution in [3.05, 3.63) is 42.4 Å². The molecule has 3 fully saturated rings. The normalized spacial score (nSPS) is 29.8. The number of halogens is 2. The van der Waals surface area contributed by atoms with Crippen molar-refractivity contribution in [2.45, 2.75) is 114 Å². The molecule has 7 atom stereocenters. The second-order valence-electron chi connectivity index (χ2n) is 16.9. The number of ether oxygens (including phenoxy) is 2. The number of rotatable bonds is 8. The molecule has 2 saturated carbocycles. The van der Waals surface area contributed by atoms with Gasteiger partial charge in [0.05, 0.1) is 19.9 Å². The van der Waals surface area contributed by atoms with Crippen molar-refractivity contribution in [1.29, 1.82) is 0 Å². The molecular formula is C39H51F2N5O9S. The number of carbonyl (C=O) groups excluding carboxylic acids is 3. The molecule has 6 rings (SSSR count). The number of fused-ring (bicyclic) bond motifs is 3. The summed E-state index contributed by atoms with van der Waals surface area (Å²) < 4.78 is 66.6. The molecule has 4 amide bonds. The lowest BCUT2D eigenvalue weighted by molar-refractivity contribution is -0.146. The summed E-state index contributed by atoms with van der Waals surface area (Å²) in [5, 5.41) is 14.1. The van der Waals surface area contributed by atoms with Crippen LogP contribution in [0.4, 0.5) is 13.6 Å². The number of hydrogen-bond donors (Lipinski definition) is 3. The largest absolute Gasteiger partial charge is 0.494 e. The zero-order valence-corrected chi connectivity index (χ0v) is 33.3. The van der Waals surface area contributed by atoms with Crippen LogP contribution in [0.3, 0.4) is 0 Å². The molecular weight excluding hydrogens is 753 g/mol. The molecule has 2 aliphatic carbocycles. The molecule has 1 aromatic carbocycles. The molecule has 0 spiro atoms. The van der Waals surface area contributed by atoms with Gasteiger partial charge in [0, 0.05) is 28.7 Å². The zero-order valence-electron chi connectivity index (χ0n) is 32.5. The number of alkyl halides is 1. The predicted molar refractivity (Wildman–Crippen MR) is 201 cm³/mol. The summed E-state index contributed by atoms with van der Waals surface area (Å²) in [5.41, 5.74) is -2.74. The number of amides is 4. The van der Waals surface area contributed by atoms with Gasteiger partial charge in [0.1, 0.15) is 46.7 Å². The number of nitrogens with zero attached hydrogens (tertiary/aromatic N) is 3. The molecule has 2 aromatic rings. The topological polar surface area (TPSA) is 185 Å². The van der Waals surface area contributed by atoms with Crippen molar-refractivity contribution < 1.29 is 51.0 Å².